The zero-order chi connectivity index (χ0) is 11.6. The molecule has 0 saturated heterocycles. The number of nitrogens with zero attached hydrogens (tertiary/aromatic N) is 1. The first-order valence-electron chi connectivity index (χ1n) is 5.47. The van der Waals surface area contributed by atoms with Gasteiger partial charge in [0.1, 0.15) is 0 Å². The van der Waals surface area contributed by atoms with Crippen LogP contribution in [0.3, 0.4) is 0 Å². The summed E-state index contributed by atoms with van der Waals surface area (Å²) in [6.07, 6.45) is 0. The Morgan fingerprint density at radius 1 is 1.00 bits per heavy atom. The van der Waals surface area contributed by atoms with Gasteiger partial charge in [-0.2, -0.15) is 0 Å². The molecular weight excluding hydrogens is 174 g/mol. The molecule has 0 rings (SSSR count). The Morgan fingerprint density at radius 2 is 1.36 bits per heavy atom. The SMILES string of the molecule is CCN(CC)C(C)(C)C(=O)C(C)(C)C. The Hall–Kier alpha value is -0.370. The lowest BCUT2D eigenvalue weighted by Crippen LogP contribution is -2.53. The average Bonchev–Trinajstić information content (AvgIpc) is 2.03. The van der Waals surface area contributed by atoms with Crippen molar-refractivity contribution in [2.24, 2.45) is 5.41 Å². The van der Waals surface area contributed by atoms with E-state index < -0.39 is 0 Å². The predicted molar refractivity (Wildman–Crippen MR) is 61.5 cm³/mol. The number of ketones is 1. The molecule has 0 saturated carbocycles. The van der Waals surface area contributed by atoms with E-state index in [1.54, 1.807) is 0 Å². The summed E-state index contributed by atoms with van der Waals surface area (Å²) in [6, 6.07) is 0. The van der Waals surface area contributed by atoms with Gasteiger partial charge < -0.3 is 0 Å². The summed E-state index contributed by atoms with van der Waals surface area (Å²) < 4.78 is 0. The molecule has 0 atom stereocenters. The van der Waals surface area contributed by atoms with Gasteiger partial charge in [-0.15, -0.1) is 0 Å². The smallest absolute Gasteiger partial charge is 0.157 e. The number of rotatable bonds is 4. The standard InChI is InChI=1S/C12H25NO/c1-8-13(9-2)12(6,7)10(14)11(3,4)5/h8-9H2,1-7H3. The van der Waals surface area contributed by atoms with Crippen molar-refractivity contribution in [3.8, 4) is 0 Å². The van der Waals surface area contributed by atoms with Gasteiger partial charge in [0, 0.05) is 5.41 Å². The maximum Gasteiger partial charge on any atom is 0.157 e. The number of carbonyl (C=O) groups is 1. The lowest BCUT2D eigenvalue weighted by molar-refractivity contribution is -0.137. The van der Waals surface area contributed by atoms with Gasteiger partial charge in [-0.1, -0.05) is 34.6 Å². The van der Waals surface area contributed by atoms with E-state index in [4.69, 9.17) is 0 Å². The Morgan fingerprint density at radius 3 is 1.57 bits per heavy atom. The molecule has 2 nitrogen and oxygen atoms in total. The average molecular weight is 199 g/mol. The fraction of sp³-hybridized carbons (Fsp3) is 0.917. The zero-order valence-corrected chi connectivity index (χ0v) is 10.8. The topological polar surface area (TPSA) is 20.3 Å². The van der Waals surface area contributed by atoms with E-state index in [0.29, 0.717) is 5.78 Å². The highest BCUT2D eigenvalue weighted by Crippen LogP contribution is 2.27. The first-order valence-corrected chi connectivity index (χ1v) is 5.47. The Kier molecular flexibility index (Phi) is 4.32. The van der Waals surface area contributed by atoms with Crippen molar-refractivity contribution in [2.75, 3.05) is 13.1 Å². The first-order chi connectivity index (χ1) is 6.17. The van der Waals surface area contributed by atoms with Crippen molar-refractivity contribution in [2.45, 2.75) is 54.0 Å². The first kappa shape index (κ1) is 13.6. The van der Waals surface area contributed by atoms with E-state index in [1.807, 2.05) is 34.6 Å². The summed E-state index contributed by atoms with van der Waals surface area (Å²) in [4.78, 5) is 14.4. The monoisotopic (exact) mass is 199 g/mol. The van der Waals surface area contributed by atoms with Crippen molar-refractivity contribution in [1.29, 1.82) is 0 Å². The van der Waals surface area contributed by atoms with Crippen LogP contribution in [0, 0.1) is 5.41 Å². The minimum Gasteiger partial charge on any atom is -0.297 e. The second-order valence-electron chi connectivity index (χ2n) is 5.31. The lowest BCUT2D eigenvalue weighted by Gasteiger charge is -2.39. The van der Waals surface area contributed by atoms with Crippen molar-refractivity contribution in [3.05, 3.63) is 0 Å². The number of Topliss-reactive ketones (excluding diaryl/α,β-unsaturated/α-hetero) is 1. The maximum atomic E-state index is 12.2. The third kappa shape index (κ3) is 2.81. The second-order valence-corrected chi connectivity index (χ2v) is 5.31. The molecule has 0 aliphatic rings. The molecule has 0 amide bonds. The van der Waals surface area contributed by atoms with Crippen LogP contribution in [0.2, 0.25) is 0 Å². The van der Waals surface area contributed by atoms with Crippen LogP contribution < -0.4 is 0 Å². The van der Waals surface area contributed by atoms with Crippen LogP contribution in [-0.4, -0.2) is 29.3 Å². The molecule has 0 aliphatic carbocycles. The van der Waals surface area contributed by atoms with Crippen LogP contribution in [0.15, 0.2) is 0 Å². The largest absolute Gasteiger partial charge is 0.297 e. The number of likely N-dealkylation sites (N-methyl/N-ethyl adjacent to an activating group) is 1. The van der Waals surface area contributed by atoms with Crippen molar-refractivity contribution in [3.63, 3.8) is 0 Å². The van der Waals surface area contributed by atoms with Gasteiger partial charge in [0.05, 0.1) is 5.54 Å². The molecule has 0 aliphatic heterocycles. The molecule has 0 aromatic heterocycles. The molecule has 0 radical (unpaired) electrons. The Labute approximate surface area is 88.7 Å². The highest BCUT2D eigenvalue weighted by molar-refractivity contribution is 5.91. The third-order valence-corrected chi connectivity index (χ3v) is 2.79. The quantitative estimate of drug-likeness (QED) is 0.694. The highest BCUT2D eigenvalue weighted by atomic mass is 16.1. The third-order valence-electron chi connectivity index (χ3n) is 2.79. The number of hydrogen-bond donors (Lipinski definition) is 0. The normalized spacial score (nSPS) is 13.4. The maximum absolute atomic E-state index is 12.2. The fourth-order valence-corrected chi connectivity index (χ4v) is 2.08. The summed E-state index contributed by atoms with van der Waals surface area (Å²) in [7, 11) is 0. The zero-order valence-electron chi connectivity index (χ0n) is 10.8. The second kappa shape index (κ2) is 4.43. The molecule has 84 valence electrons. The fourth-order valence-electron chi connectivity index (χ4n) is 2.08. The Bertz CT molecular complexity index is 197. The van der Waals surface area contributed by atoms with Gasteiger partial charge in [0.2, 0.25) is 0 Å². The number of carbonyl (C=O) groups excluding carboxylic acids is 1. The molecular formula is C12H25NO. The van der Waals surface area contributed by atoms with Gasteiger partial charge in [-0.3, -0.25) is 9.69 Å². The molecule has 0 aromatic rings. The van der Waals surface area contributed by atoms with Gasteiger partial charge in [-0.05, 0) is 26.9 Å². The Balaban J connectivity index is 4.85. The summed E-state index contributed by atoms with van der Waals surface area (Å²) >= 11 is 0. The molecule has 0 N–H and O–H groups in total. The molecule has 0 unspecified atom stereocenters. The van der Waals surface area contributed by atoms with Gasteiger partial charge in [0.25, 0.3) is 0 Å². The molecule has 0 spiro atoms. The van der Waals surface area contributed by atoms with E-state index in [2.05, 4.69) is 18.7 Å². The molecule has 14 heavy (non-hydrogen) atoms. The summed E-state index contributed by atoms with van der Waals surface area (Å²) in [5.74, 6) is 0.314. The summed E-state index contributed by atoms with van der Waals surface area (Å²) in [5, 5.41) is 0. The van der Waals surface area contributed by atoms with Crippen LogP contribution in [0.25, 0.3) is 0 Å². The van der Waals surface area contributed by atoms with E-state index in [-0.39, 0.29) is 11.0 Å². The van der Waals surface area contributed by atoms with Crippen LogP contribution >= 0.6 is 0 Å². The van der Waals surface area contributed by atoms with Gasteiger partial charge >= 0.3 is 0 Å². The number of hydrogen-bond acceptors (Lipinski definition) is 2. The van der Waals surface area contributed by atoms with Crippen molar-refractivity contribution >= 4 is 5.78 Å². The molecule has 0 heterocycles. The molecule has 0 fully saturated rings. The van der Waals surface area contributed by atoms with Crippen LogP contribution in [0.5, 0.6) is 0 Å². The van der Waals surface area contributed by atoms with Crippen LogP contribution in [-0.2, 0) is 4.79 Å². The van der Waals surface area contributed by atoms with Crippen LogP contribution in [0.1, 0.15) is 48.5 Å². The molecule has 0 aromatic carbocycles. The summed E-state index contributed by atoms with van der Waals surface area (Å²) in [6.45, 7) is 16.0. The highest BCUT2D eigenvalue weighted by Gasteiger charge is 2.39. The minimum absolute atomic E-state index is 0.258. The van der Waals surface area contributed by atoms with Gasteiger partial charge in [-0.25, -0.2) is 0 Å². The minimum atomic E-state index is -0.345. The van der Waals surface area contributed by atoms with Gasteiger partial charge in [0.15, 0.2) is 5.78 Å². The predicted octanol–water partition coefficient (Wildman–Crippen LogP) is 2.72. The van der Waals surface area contributed by atoms with Crippen molar-refractivity contribution < 1.29 is 4.79 Å². The lowest BCUT2D eigenvalue weighted by atomic mass is 9.79. The molecule has 0 bridgehead atoms. The molecule has 2 heteroatoms. The summed E-state index contributed by atoms with van der Waals surface area (Å²) in [5.41, 5.74) is -0.603. The van der Waals surface area contributed by atoms with E-state index in [0.717, 1.165) is 13.1 Å². The van der Waals surface area contributed by atoms with E-state index in [9.17, 15) is 4.79 Å². The van der Waals surface area contributed by atoms with Crippen molar-refractivity contribution in [1.82, 2.24) is 4.90 Å². The van der Waals surface area contributed by atoms with Crippen LogP contribution in [0.4, 0.5) is 0 Å². The van der Waals surface area contributed by atoms with E-state index in [1.165, 1.54) is 0 Å². The van der Waals surface area contributed by atoms with E-state index >= 15 is 0 Å².